The largest absolute Gasteiger partial charge is 0.370 e. The Morgan fingerprint density at radius 1 is 0.673 bits per heavy atom. The van der Waals surface area contributed by atoms with E-state index in [1.54, 1.807) is 67.6 Å². The van der Waals surface area contributed by atoms with E-state index in [1.165, 1.54) is 24.3 Å². The van der Waals surface area contributed by atoms with Crippen LogP contribution in [0.5, 0.6) is 0 Å². The van der Waals surface area contributed by atoms with Gasteiger partial charge in [0.15, 0.2) is 25.6 Å². The number of nitrogens with two attached hydrogens (primary N) is 2. The highest BCUT2D eigenvalue weighted by Gasteiger charge is 2.25. The number of hydrogen-bond donors (Lipinski definition) is 2. The Bertz CT molecular complexity index is 2190. The smallest absolute Gasteiger partial charge is 0.280 e. The lowest BCUT2D eigenvalue weighted by Crippen LogP contribution is -2.24. The molecular formula is C33H34ClN3O8S4. The minimum Gasteiger partial charge on any atom is -0.370 e. The first-order valence-electron chi connectivity index (χ1n) is 14.4. The SMILES string of the molecule is CCc1cc(S(=O)c2ccccc2)c(S(C)(=O)=O)cc1C(=O)Cl.CCc1cc(S(=O)c2ccccc2)c(S(C)(=O)=O)cc1C(=O)N=C(N)N. The van der Waals surface area contributed by atoms with Crippen molar-refractivity contribution in [1.29, 1.82) is 0 Å². The summed E-state index contributed by atoms with van der Waals surface area (Å²) in [6.45, 7) is 3.60. The molecule has 4 aromatic rings. The Morgan fingerprint density at radius 2 is 1.04 bits per heavy atom. The highest BCUT2D eigenvalue weighted by Crippen LogP contribution is 2.30. The van der Waals surface area contributed by atoms with Crippen LogP contribution in [0.3, 0.4) is 0 Å². The third-order valence-corrected chi connectivity index (χ3v) is 12.5. The Hall–Kier alpha value is -4.02. The average molecular weight is 764 g/mol. The van der Waals surface area contributed by atoms with Crippen LogP contribution in [0.25, 0.3) is 0 Å². The van der Waals surface area contributed by atoms with Gasteiger partial charge in [0.05, 0.1) is 41.2 Å². The molecule has 0 saturated heterocycles. The van der Waals surface area contributed by atoms with Crippen molar-refractivity contribution in [1.82, 2.24) is 0 Å². The molecule has 0 aliphatic heterocycles. The van der Waals surface area contributed by atoms with E-state index in [0.717, 1.165) is 12.5 Å². The number of carbonyl (C=O) groups is 2. The zero-order chi connectivity index (χ0) is 36.7. The molecule has 0 heterocycles. The standard InChI is InChI=1S/C17H19N3O4S2.C16H15ClO4S2/c1-3-11-9-14(25(22)12-7-5-4-6-8-12)15(26(2,23)24)10-13(11)16(21)20-17(18)19;1-3-11-9-14(22(19)12-7-5-4-6-8-12)15(23(2,20)21)10-13(11)16(17)18/h4-10H,3H2,1-2H3,(H4,18,19,20,21);4-10H,3H2,1-2H3. The van der Waals surface area contributed by atoms with Gasteiger partial charge < -0.3 is 11.5 Å². The van der Waals surface area contributed by atoms with Crippen LogP contribution in [0.4, 0.5) is 0 Å². The van der Waals surface area contributed by atoms with Crippen LogP contribution in [-0.4, -0.2) is 54.9 Å². The quantitative estimate of drug-likeness (QED) is 0.132. The van der Waals surface area contributed by atoms with Crippen LogP contribution < -0.4 is 11.5 Å². The molecule has 2 unspecified atom stereocenters. The molecule has 0 fully saturated rings. The molecule has 260 valence electrons. The van der Waals surface area contributed by atoms with Crippen LogP contribution in [0, 0.1) is 0 Å². The molecule has 0 radical (unpaired) electrons. The van der Waals surface area contributed by atoms with Crippen molar-refractivity contribution in [2.45, 2.75) is 56.1 Å². The average Bonchev–Trinajstić information content (AvgIpc) is 3.06. The number of amides is 1. The number of aryl methyl sites for hydroxylation is 2. The van der Waals surface area contributed by atoms with Gasteiger partial charge in [-0.3, -0.25) is 9.59 Å². The van der Waals surface area contributed by atoms with Crippen molar-refractivity contribution in [3.8, 4) is 0 Å². The predicted octanol–water partition coefficient (Wildman–Crippen LogP) is 4.43. The van der Waals surface area contributed by atoms with E-state index in [1.807, 2.05) is 6.92 Å². The lowest BCUT2D eigenvalue weighted by molar-refractivity contribution is 0.100. The van der Waals surface area contributed by atoms with Gasteiger partial charge in [-0.1, -0.05) is 50.2 Å². The normalized spacial score (nSPS) is 12.6. The van der Waals surface area contributed by atoms with Gasteiger partial charge in [0.2, 0.25) is 0 Å². The molecule has 4 rings (SSSR count). The molecule has 0 bridgehead atoms. The fourth-order valence-corrected chi connectivity index (χ4v) is 9.91. The van der Waals surface area contributed by atoms with Gasteiger partial charge in [-0.25, -0.2) is 25.3 Å². The van der Waals surface area contributed by atoms with Crippen LogP contribution in [0.1, 0.15) is 45.7 Å². The predicted molar refractivity (Wildman–Crippen MR) is 190 cm³/mol. The summed E-state index contributed by atoms with van der Waals surface area (Å²) in [7, 11) is -10.8. The number of sulfone groups is 2. The van der Waals surface area contributed by atoms with Gasteiger partial charge in [0, 0.05) is 33.4 Å². The number of halogens is 1. The zero-order valence-electron chi connectivity index (χ0n) is 26.9. The van der Waals surface area contributed by atoms with Crippen molar-refractivity contribution in [2.75, 3.05) is 12.5 Å². The Balaban J connectivity index is 0.000000267. The number of aliphatic imine (C=N–C) groups is 1. The van der Waals surface area contributed by atoms with Crippen molar-refractivity contribution in [3.05, 3.63) is 107 Å². The van der Waals surface area contributed by atoms with Crippen LogP contribution in [-0.2, 0) is 54.1 Å². The second-order valence-electron chi connectivity index (χ2n) is 10.4. The summed E-state index contributed by atoms with van der Waals surface area (Å²) < 4.78 is 74.4. The molecule has 4 aromatic carbocycles. The van der Waals surface area contributed by atoms with Gasteiger partial charge in [-0.15, -0.1) is 0 Å². The number of rotatable bonds is 10. The van der Waals surface area contributed by atoms with Crippen molar-refractivity contribution in [3.63, 3.8) is 0 Å². The van der Waals surface area contributed by atoms with Crippen LogP contribution in [0.15, 0.2) is 119 Å². The van der Waals surface area contributed by atoms with Gasteiger partial charge in [-0.2, -0.15) is 4.99 Å². The molecule has 16 heteroatoms. The first-order valence-corrected chi connectivity index (χ1v) is 20.9. The summed E-state index contributed by atoms with van der Waals surface area (Å²) in [5, 5.41) is -0.733. The van der Waals surface area contributed by atoms with Gasteiger partial charge in [0.1, 0.15) is 0 Å². The number of nitrogens with zero attached hydrogens (tertiary/aromatic N) is 1. The minimum atomic E-state index is -3.75. The maximum atomic E-state index is 12.9. The van der Waals surface area contributed by atoms with Crippen molar-refractivity contribution < 1.29 is 34.8 Å². The molecule has 49 heavy (non-hydrogen) atoms. The molecule has 0 aliphatic carbocycles. The fourth-order valence-electron chi connectivity index (χ4n) is 4.56. The van der Waals surface area contributed by atoms with Crippen molar-refractivity contribution in [2.24, 2.45) is 16.5 Å². The van der Waals surface area contributed by atoms with Crippen molar-refractivity contribution >= 4 is 70.0 Å². The molecule has 1 amide bonds. The third kappa shape index (κ3) is 10.0. The fraction of sp³-hybridized carbons (Fsp3) is 0.182. The summed E-state index contributed by atoms with van der Waals surface area (Å²) in [6.07, 6.45) is 2.89. The van der Waals surface area contributed by atoms with E-state index in [4.69, 9.17) is 23.1 Å². The molecule has 4 N–H and O–H groups in total. The molecule has 11 nitrogen and oxygen atoms in total. The van der Waals surface area contributed by atoms with Gasteiger partial charge in [-0.05, 0) is 84.1 Å². The van der Waals surface area contributed by atoms with E-state index in [0.29, 0.717) is 33.8 Å². The van der Waals surface area contributed by atoms with E-state index in [2.05, 4.69) is 4.99 Å². The number of guanidine groups is 1. The Morgan fingerprint density at radius 3 is 1.37 bits per heavy atom. The first-order chi connectivity index (χ1) is 22.9. The van der Waals surface area contributed by atoms with E-state index >= 15 is 0 Å². The Kier molecular flexibility index (Phi) is 13.3. The second-order valence-corrected chi connectivity index (χ2v) is 17.7. The van der Waals surface area contributed by atoms with Gasteiger partial charge in [0.25, 0.3) is 11.1 Å². The lowest BCUT2D eigenvalue weighted by atomic mass is 10.0. The monoisotopic (exact) mass is 763 g/mol. The minimum absolute atomic E-state index is 0.0649. The summed E-state index contributed by atoms with van der Waals surface area (Å²) in [5.41, 5.74) is 11.7. The van der Waals surface area contributed by atoms with E-state index in [-0.39, 0.29) is 30.7 Å². The second kappa shape index (κ2) is 16.6. The molecular weight excluding hydrogens is 730 g/mol. The number of hydrogen-bond acceptors (Lipinski definition) is 8. The van der Waals surface area contributed by atoms with Crippen LogP contribution in [0.2, 0.25) is 0 Å². The summed E-state index contributed by atoms with van der Waals surface area (Å²) in [6, 6.07) is 22.4. The third-order valence-electron chi connectivity index (χ3n) is 6.89. The molecule has 0 aliphatic rings. The molecule has 0 spiro atoms. The summed E-state index contributed by atoms with van der Waals surface area (Å²) >= 11 is 5.55. The molecule has 2 atom stereocenters. The number of carbonyl (C=O) groups excluding carboxylic acids is 2. The maximum Gasteiger partial charge on any atom is 0.280 e. The first kappa shape index (κ1) is 39.4. The highest BCUT2D eigenvalue weighted by molar-refractivity contribution is 7.92. The Labute approximate surface area is 295 Å². The van der Waals surface area contributed by atoms with E-state index < -0.39 is 58.4 Å². The molecule has 0 saturated carbocycles. The van der Waals surface area contributed by atoms with Gasteiger partial charge >= 0.3 is 0 Å². The lowest BCUT2D eigenvalue weighted by Gasteiger charge is -2.13. The van der Waals surface area contributed by atoms with Crippen LogP contribution >= 0.6 is 11.6 Å². The van der Waals surface area contributed by atoms with E-state index in [9.17, 15) is 34.8 Å². The topological polar surface area (TPSA) is 201 Å². The number of benzene rings is 4. The summed E-state index contributed by atoms with van der Waals surface area (Å²) in [5.74, 6) is -1.17. The summed E-state index contributed by atoms with van der Waals surface area (Å²) in [4.78, 5) is 28.2. The highest BCUT2D eigenvalue weighted by atomic mass is 35.5. The molecule has 0 aromatic heterocycles. The maximum absolute atomic E-state index is 12.9. The zero-order valence-corrected chi connectivity index (χ0v) is 30.9.